The van der Waals surface area contributed by atoms with E-state index in [2.05, 4.69) is 43.2 Å². The third-order valence-electron chi connectivity index (χ3n) is 5.19. The van der Waals surface area contributed by atoms with E-state index in [9.17, 15) is 9.59 Å². The first-order chi connectivity index (χ1) is 15.6. The Labute approximate surface area is 190 Å². The van der Waals surface area contributed by atoms with Gasteiger partial charge in [-0.25, -0.2) is 4.68 Å². The van der Waals surface area contributed by atoms with Crippen LogP contribution in [-0.2, 0) is 11.8 Å². The molecule has 166 valence electrons. The molecule has 1 aliphatic heterocycles. The van der Waals surface area contributed by atoms with E-state index in [1.807, 2.05) is 12.1 Å². The summed E-state index contributed by atoms with van der Waals surface area (Å²) in [6.45, 7) is 2.18. The van der Waals surface area contributed by atoms with E-state index in [4.69, 9.17) is 0 Å². The molecule has 0 spiro atoms. The smallest absolute Gasteiger partial charge is 0.255 e. The standard InChI is InChI=1S/C22H25N7O2S/c1-28-22(25-26-27-28)32-15-20(30)23-17-7-5-16(6-8-17)21(31)24-18-9-11-19(12-10-18)29-13-3-2-4-14-29/h5-12H,2-4,13-15H2,1H3,(H,23,30)(H,24,31). The fourth-order valence-corrected chi connectivity index (χ4v) is 4.14. The van der Waals surface area contributed by atoms with Crippen LogP contribution in [0.2, 0.25) is 0 Å². The second-order valence-electron chi connectivity index (χ2n) is 7.55. The van der Waals surface area contributed by atoms with Gasteiger partial charge in [0.15, 0.2) is 0 Å². The summed E-state index contributed by atoms with van der Waals surface area (Å²) >= 11 is 1.25. The van der Waals surface area contributed by atoms with Gasteiger partial charge in [0.2, 0.25) is 11.1 Å². The lowest BCUT2D eigenvalue weighted by atomic mass is 10.1. The number of piperidine rings is 1. The highest BCUT2D eigenvalue weighted by atomic mass is 32.2. The largest absolute Gasteiger partial charge is 0.372 e. The van der Waals surface area contributed by atoms with Crippen molar-refractivity contribution >= 4 is 40.6 Å². The Morgan fingerprint density at radius 2 is 1.59 bits per heavy atom. The van der Waals surface area contributed by atoms with Gasteiger partial charge < -0.3 is 15.5 Å². The van der Waals surface area contributed by atoms with Gasteiger partial charge in [0.25, 0.3) is 5.91 Å². The Hall–Kier alpha value is -3.40. The van der Waals surface area contributed by atoms with Crippen LogP contribution < -0.4 is 15.5 Å². The zero-order valence-electron chi connectivity index (χ0n) is 17.8. The van der Waals surface area contributed by atoms with Gasteiger partial charge in [0.05, 0.1) is 5.75 Å². The molecule has 0 saturated carbocycles. The lowest BCUT2D eigenvalue weighted by molar-refractivity contribution is -0.113. The molecule has 32 heavy (non-hydrogen) atoms. The Kier molecular flexibility index (Phi) is 7.00. The van der Waals surface area contributed by atoms with E-state index < -0.39 is 0 Å². The number of anilines is 3. The van der Waals surface area contributed by atoms with E-state index in [-0.39, 0.29) is 17.6 Å². The van der Waals surface area contributed by atoms with Crippen LogP contribution in [0.3, 0.4) is 0 Å². The molecule has 2 amide bonds. The summed E-state index contributed by atoms with van der Waals surface area (Å²) in [5, 5.41) is 17.4. The van der Waals surface area contributed by atoms with E-state index in [1.54, 1.807) is 31.3 Å². The van der Waals surface area contributed by atoms with Crippen molar-refractivity contribution in [3.63, 3.8) is 0 Å². The molecule has 1 fully saturated rings. The highest BCUT2D eigenvalue weighted by Gasteiger charge is 2.12. The minimum atomic E-state index is -0.195. The van der Waals surface area contributed by atoms with E-state index in [0.717, 1.165) is 18.8 Å². The van der Waals surface area contributed by atoms with Crippen LogP contribution in [0.15, 0.2) is 53.7 Å². The third-order valence-corrected chi connectivity index (χ3v) is 6.20. The number of hydrogen-bond donors (Lipinski definition) is 2. The SMILES string of the molecule is Cn1nnnc1SCC(=O)Nc1ccc(C(=O)Nc2ccc(N3CCCCC3)cc2)cc1. The Morgan fingerprint density at radius 3 is 2.25 bits per heavy atom. The van der Waals surface area contributed by atoms with Gasteiger partial charge in [-0.1, -0.05) is 11.8 Å². The summed E-state index contributed by atoms with van der Waals surface area (Å²) < 4.78 is 1.51. The summed E-state index contributed by atoms with van der Waals surface area (Å²) in [5.41, 5.74) is 3.08. The normalized spacial score (nSPS) is 13.6. The number of aromatic nitrogens is 4. The molecule has 2 N–H and O–H groups in total. The molecule has 3 aromatic rings. The van der Waals surface area contributed by atoms with Crippen molar-refractivity contribution in [1.29, 1.82) is 0 Å². The summed E-state index contributed by atoms with van der Waals surface area (Å²) in [6.07, 6.45) is 3.76. The number of rotatable bonds is 7. The van der Waals surface area contributed by atoms with Gasteiger partial charge in [-0.15, -0.1) is 5.10 Å². The molecular weight excluding hydrogens is 426 g/mol. The third kappa shape index (κ3) is 5.64. The maximum absolute atomic E-state index is 12.6. The van der Waals surface area contributed by atoms with Crippen LogP contribution in [-0.4, -0.2) is 50.9 Å². The molecule has 0 atom stereocenters. The second-order valence-corrected chi connectivity index (χ2v) is 8.49. The molecule has 1 saturated heterocycles. The summed E-state index contributed by atoms with van der Waals surface area (Å²) in [7, 11) is 1.72. The van der Waals surface area contributed by atoms with Gasteiger partial charge in [-0.05, 0) is 78.2 Å². The first-order valence-corrected chi connectivity index (χ1v) is 11.5. The quantitative estimate of drug-likeness (QED) is 0.532. The maximum Gasteiger partial charge on any atom is 0.255 e. The molecule has 0 bridgehead atoms. The fraction of sp³-hybridized carbons (Fsp3) is 0.318. The van der Waals surface area contributed by atoms with Crippen molar-refractivity contribution in [2.24, 2.45) is 7.05 Å². The number of carbonyl (C=O) groups excluding carboxylic acids is 2. The molecule has 2 aromatic carbocycles. The van der Waals surface area contributed by atoms with Gasteiger partial charge >= 0.3 is 0 Å². The number of thioether (sulfide) groups is 1. The van der Waals surface area contributed by atoms with Crippen molar-refractivity contribution in [2.75, 3.05) is 34.4 Å². The molecule has 0 radical (unpaired) electrons. The van der Waals surface area contributed by atoms with Gasteiger partial charge in [-0.3, -0.25) is 9.59 Å². The number of carbonyl (C=O) groups is 2. The lowest BCUT2D eigenvalue weighted by Gasteiger charge is -2.28. The zero-order chi connectivity index (χ0) is 22.3. The van der Waals surface area contributed by atoms with E-state index >= 15 is 0 Å². The Balaban J connectivity index is 1.28. The predicted molar refractivity (Wildman–Crippen MR) is 125 cm³/mol. The molecule has 1 aliphatic rings. The zero-order valence-corrected chi connectivity index (χ0v) is 18.6. The lowest BCUT2D eigenvalue weighted by Crippen LogP contribution is -2.29. The molecule has 4 rings (SSSR count). The highest BCUT2D eigenvalue weighted by molar-refractivity contribution is 7.99. The summed E-state index contributed by atoms with van der Waals surface area (Å²) in [6, 6.07) is 14.8. The average molecular weight is 452 g/mol. The first-order valence-electron chi connectivity index (χ1n) is 10.5. The Morgan fingerprint density at radius 1 is 0.938 bits per heavy atom. The minimum Gasteiger partial charge on any atom is -0.372 e. The first kappa shape index (κ1) is 21.8. The van der Waals surface area contributed by atoms with Crippen LogP contribution in [0.1, 0.15) is 29.6 Å². The summed E-state index contributed by atoms with van der Waals surface area (Å²) in [4.78, 5) is 27.1. The molecule has 1 aromatic heterocycles. The van der Waals surface area contributed by atoms with Crippen LogP contribution >= 0.6 is 11.8 Å². The predicted octanol–water partition coefficient (Wildman–Crippen LogP) is 3.18. The van der Waals surface area contributed by atoms with Crippen LogP contribution in [0, 0.1) is 0 Å². The number of nitrogens with zero attached hydrogens (tertiary/aromatic N) is 5. The molecule has 0 aliphatic carbocycles. The number of aryl methyl sites for hydroxylation is 1. The van der Waals surface area contributed by atoms with Gasteiger partial charge in [-0.2, -0.15) is 0 Å². The average Bonchev–Trinajstić information content (AvgIpc) is 3.24. The monoisotopic (exact) mass is 451 g/mol. The topological polar surface area (TPSA) is 105 Å². The molecular formula is C22H25N7O2S. The van der Waals surface area contributed by atoms with Crippen molar-refractivity contribution in [3.8, 4) is 0 Å². The molecule has 2 heterocycles. The molecule has 0 unspecified atom stereocenters. The van der Waals surface area contributed by atoms with Crippen LogP contribution in [0.25, 0.3) is 0 Å². The highest BCUT2D eigenvalue weighted by Crippen LogP contribution is 2.22. The van der Waals surface area contributed by atoms with E-state index in [1.165, 1.54) is 41.4 Å². The van der Waals surface area contributed by atoms with Crippen molar-refractivity contribution in [1.82, 2.24) is 20.2 Å². The van der Waals surface area contributed by atoms with Gasteiger partial charge in [0.1, 0.15) is 0 Å². The fourth-order valence-electron chi connectivity index (χ4n) is 3.49. The molecule has 10 heteroatoms. The Bertz CT molecular complexity index is 1060. The number of benzene rings is 2. The van der Waals surface area contributed by atoms with Crippen molar-refractivity contribution in [2.45, 2.75) is 24.4 Å². The van der Waals surface area contributed by atoms with Crippen molar-refractivity contribution < 1.29 is 9.59 Å². The van der Waals surface area contributed by atoms with Crippen molar-refractivity contribution in [3.05, 3.63) is 54.1 Å². The van der Waals surface area contributed by atoms with Gasteiger partial charge in [0, 0.05) is 42.8 Å². The number of nitrogens with one attached hydrogen (secondary N) is 2. The maximum atomic E-state index is 12.6. The van der Waals surface area contributed by atoms with E-state index in [0.29, 0.717) is 16.4 Å². The number of tetrazole rings is 1. The summed E-state index contributed by atoms with van der Waals surface area (Å²) in [5.74, 6) is -0.188. The second kappa shape index (κ2) is 10.3. The van der Waals surface area contributed by atoms with Crippen LogP contribution in [0.4, 0.5) is 17.1 Å². The minimum absolute atomic E-state index is 0.177. The molecule has 9 nitrogen and oxygen atoms in total. The van der Waals surface area contributed by atoms with Crippen LogP contribution in [0.5, 0.6) is 0 Å². The number of amides is 2. The number of hydrogen-bond acceptors (Lipinski definition) is 7.